The minimum atomic E-state index is -0.568. The predicted octanol–water partition coefficient (Wildman–Crippen LogP) is 4.45. The van der Waals surface area contributed by atoms with E-state index in [0.29, 0.717) is 24.1 Å². The maximum absolute atomic E-state index is 12.5. The largest absolute Gasteiger partial charge is 0.355 e. The lowest BCUT2D eigenvalue weighted by molar-refractivity contribution is -0.123. The molecule has 0 rings (SSSR count). The molecule has 0 saturated carbocycles. The molecule has 0 saturated heterocycles. The molecule has 6 heteroatoms. The normalized spacial score (nSPS) is 14.3. The van der Waals surface area contributed by atoms with E-state index in [1.54, 1.807) is 0 Å². The Balaban J connectivity index is 4.40. The van der Waals surface area contributed by atoms with E-state index in [9.17, 15) is 9.59 Å². The molecule has 0 aromatic carbocycles. The average molecular weight is 430 g/mol. The van der Waals surface area contributed by atoms with Crippen LogP contribution in [0.2, 0.25) is 0 Å². The number of carbonyl (C=O) groups excluding carboxylic acids is 2. The molecule has 0 aliphatic carbocycles. The number of carbonyl (C=O) groups is 2. The average Bonchev–Trinajstić information content (AvgIpc) is 2.61. The monoisotopic (exact) mass is 429 g/mol. The number of nitrogens with two attached hydrogens (primary N) is 1. The zero-order valence-corrected chi connectivity index (χ0v) is 20.7. The van der Waals surface area contributed by atoms with Crippen LogP contribution in [0, 0.1) is 10.8 Å². The van der Waals surface area contributed by atoms with Gasteiger partial charge in [-0.15, -0.1) is 0 Å². The fraction of sp³-hybridized carbons (Fsp3) is 0.913. The third-order valence-electron chi connectivity index (χ3n) is 5.51. The lowest BCUT2D eigenvalue weighted by atomic mass is 9.77. The summed E-state index contributed by atoms with van der Waals surface area (Å²) in [6.45, 7) is 14.1. The molecule has 29 heavy (non-hydrogen) atoms. The van der Waals surface area contributed by atoms with Crippen LogP contribution in [0.3, 0.4) is 0 Å². The molecule has 0 aromatic rings. The third kappa shape index (κ3) is 14.0. The molecular formula is C23H47N3O2S. The first-order valence-electron chi connectivity index (χ1n) is 11.4. The van der Waals surface area contributed by atoms with Gasteiger partial charge in [0.25, 0.3) is 0 Å². The topological polar surface area (TPSA) is 84.2 Å². The highest BCUT2D eigenvalue weighted by atomic mass is 32.1. The second-order valence-electron chi connectivity index (χ2n) is 10.2. The van der Waals surface area contributed by atoms with Crippen LogP contribution in [-0.2, 0) is 9.59 Å². The van der Waals surface area contributed by atoms with Crippen LogP contribution in [0.25, 0.3) is 0 Å². The van der Waals surface area contributed by atoms with Gasteiger partial charge in [0, 0.05) is 24.8 Å². The van der Waals surface area contributed by atoms with Gasteiger partial charge in [-0.3, -0.25) is 9.59 Å². The summed E-state index contributed by atoms with van der Waals surface area (Å²) in [7, 11) is 0. The van der Waals surface area contributed by atoms with Crippen molar-refractivity contribution in [3.05, 3.63) is 0 Å². The molecule has 0 aliphatic heterocycles. The van der Waals surface area contributed by atoms with Crippen molar-refractivity contribution in [1.29, 1.82) is 0 Å². The second-order valence-corrected chi connectivity index (χ2v) is 10.6. The van der Waals surface area contributed by atoms with Gasteiger partial charge in [-0.2, -0.15) is 12.6 Å². The Kier molecular flexibility index (Phi) is 13.9. The van der Waals surface area contributed by atoms with Gasteiger partial charge in [-0.05, 0) is 42.9 Å². The van der Waals surface area contributed by atoms with Gasteiger partial charge >= 0.3 is 0 Å². The molecule has 0 aliphatic rings. The zero-order valence-electron chi connectivity index (χ0n) is 19.8. The first-order valence-corrected chi connectivity index (χ1v) is 12.0. The van der Waals surface area contributed by atoms with Crippen LogP contribution in [-0.4, -0.2) is 36.2 Å². The third-order valence-corrected chi connectivity index (χ3v) is 5.90. The van der Waals surface area contributed by atoms with E-state index in [0.717, 1.165) is 38.5 Å². The van der Waals surface area contributed by atoms with E-state index in [1.165, 1.54) is 12.8 Å². The molecule has 5 nitrogen and oxygen atoms in total. The van der Waals surface area contributed by atoms with Crippen LogP contribution in [0.15, 0.2) is 0 Å². The second kappa shape index (κ2) is 14.3. The summed E-state index contributed by atoms with van der Waals surface area (Å²) in [5.74, 6) is 0.272. The number of amides is 2. The minimum absolute atomic E-state index is 0.100. The van der Waals surface area contributed by atoms with E-state index in [4.69, 9.17) is 5.73 Å². The van der Waals surface area contributed by atoms with E-state index >= 15 is 0 Å². The number of unbranched alkanes of at least 4 members (excludes halogenated alkanes) is 2. The van der Waals surface area contributed by atoms with E-state index in [-0.39, 0.29) is 23.3 Å². The van der Waals surface area contributed by atoms with Crippen LogP contribution in [0.1, 0.15) is 99.3 Å². The van der Waals surface area contributed by atoms with Gasteiger partial charge in [0.05, 0.1) is 6.04 Å². The first kappa shape index (κ1) is 28.2. The summed E-state index contributed by atoms with van der Waals surface area (Å²) in [6.07, 6.45) is 8.84. The molecule has 0 aromatic heterocycles. The van der Waals surface area contributed by atoms with Crippen molar-refractivity contribution in [1.82, 2.24) is 10.6 Å². The van der Waals surface area contributed by atoms with Crippen LogP contribution in [0.4, 0.5) is 0 Å². The quantitative estimate of drug-likeness (QED) is 0.229. The number of hydrogen-bond donors (Lipinski definition) is 4. The molecule has 0 spiro atoms. The highest BCUT2D eigenvalue weighted by Crippen LogP contribution is 2.31. The van der Waals surface area contributed by atoms with Crippen molar-refractivity contribution in [2.45, 2.75) is 111 Å². The standard InChI is InChI=1S/C23H47N3O2S/c1-7-14-23(5,6)19(12-8-10-15-22(2,3)4)26-20(27)13-9-11-16-25-21(28)18(24)17-29/h18-19,29H,7-17,24H2,1-6H3,(H,25,28)(H,26,27). The molecule has 0 radical (unpaired) electrons. The van der Waals surface area contributed by atoms with Gasteiger partial charge in [-0.25, -0.2) is 0 Å². The summed E-state index contributed by atoms with van der Waals surface area (Å²) >= 11 is 4.02. The Bertz CT molecular complexity index is 475. The number of rotatable bonds is 15. The van der Waals surface area contributed by atoms with Gasteiger partial charge in [0.1, 0.15) is 0 Å². The van der Waals surface area contributed by atoms with Crippen molar-refractivity contribution in [2.24, 2.45) is 16.6 Å². The van der Waals surface area contributed by atoms with E-state index in [1.807, 2.05) is 0 Å². The lowest BCUT2D eigenvalue weighted by Gasteiger charge is -2.35. The predicted molar refractivity (Wildman–Crippen MR) is 127 cm³/mol. The lowest BCUT2D eigenvalue weighted by Crippen LogP contribution is -2.45. The van der Waals surface area contributed by atoms with E-state index < -0.39 is 6.04 Å². The summed E-state index contributed by atoms with van der Waals surface area (Å²) < 4.78 is 0. The van der Waals surface area contributed by atoms with Crippen LogP contribution >= 0.6 is 12.6 Å². The summed E-state index contributed by atoms with van der Waals surface area (Å²) in [6, 6.07) is -0.357. The maximum Gasteiger partial charge on any atom is 0.237 e. The fourth-order valence-electron chi connectivity index (χ4n) is 3.58. The Labute approximate surface area is 185 Å². The molecule has 0 bridgehead atoms. The summed E-state index contributed by atoms with van der Waals surface area (Å²) in [4.78, 5) is 24.1. The number of nitrogens with one attached hydrogen (secondary N) is 2. The molecule has 0 fully saturated rings. The Morgan fingerprint density at radius 3 is 2.21 bits per heavy atom. The molecule has 172 valence electrons. The Hall–Kier alpha value is -0.750. The summed E-state index contributed by atoms with van der Waals surface area (Å²) in [5.41, 5.74) is 6.09. The van der Waals surface area contributed by atoms with Gasteiger partial charge in [-0.1, -0.05) is 60.8 Å². The van der Waals surface area contributed by atoms with Crippen molar-refractivity contribution in [3.8, 4) is 0 Å². The zero-order chi connectivity index (χ0) is 22.5. The number of hydrogen-bond acceptors (Lipinski definition) is 4. The SMILES string of the molecule is CCCC(C)(C)C(CCCCC(C)(C)C)NC(=O)CCCCNC(=O)C(N)CS. The molecule has 4 N–H and O–H groups in total. The molecule has 2 atom stereocenters. The smallest absolute Gasteiger partial charge is 0.237 e. The maximum atomic E-state index is 12.5. The van der Waals surface area contributed by atoms with Gasteiger partial charge < -0.3 is 16.4 Å². The summed E-state index contributed by atoms with van der Waals surface area (Å²) in [5, 5.41) is 6.10. The van der Waals surface area contributed by atoms with E-state index in [2.05, 4.69) is 64.8 Å². The van der Waals surface area contributed by atoms with Gasteiger partial charge in [0.15, 0.2) is 0 Å². The highest BCUT2D eigenvalue weighted by Gasteiger charge is 2.29. The van der Waals surface area contributed by atoms with Crippen molar-refractivity contribution in [3.63, 3.8) is 0 Å². The van der Waals surface area contributed by atoms with Crippen LogP contribution in [0.5, 0.6) is 0 Å². The van der Waals surface area contributed by atoms with Crippen molar-refractivity contribution >= 4 is 24.4 Å². The van der Waals surface area contributed by atoms with Gasteiger partial charge in [0.2, 0.25) is 11.8 Å². The molecule has 2 amide bonds. The first-order chi connectivity index (χ1) is 13.4. The minimum Gasteiger partial charge on any atom is -0.355 e. The van der Waals surface area contributed by atoms with Crippen molar-refractivity contribution < 1.29 is 9.59 Å². The Morgan fingerprint density at radius 1 is 1.00 bits per heavy atom. The fourth-order valence-corrected chi connectivity index (χ4v) is 3.75. The van der Waals surface area contributed by atoms with Crippen LogP contribution < -0.4 is 16.4 Å². The highest BCUT2D eigenvalue weighted by molar-refractivity contribution is 7.80. The molecule has 0 heterocycles. The van der Waals surface area contributed by atoms with Crippen molar-refractivity contribution in [2.75, 3.05) is 12.3 Å². The Morgan fingerprint density at radius 2 is 1.66 bits per heavy atom. The molecular weight excluding hydrogens is 382 g/mol. The molecule has 2 unspecified atom stereocenters. The number of thiol groups is 1.